The number of aryl methyl sites for hydroxylation is 1. The van der Waals surface area contributed by atoms with Gasteiger partial charge in [0, 0.05) is 29.1 Å². The van der Waals surface area contributed by atoms with Crippen LogP contribution in [0.5, 0.6) is 5.75 Å². The lowest BCUT2D eigenvalue weighted by molar-refractivity contribution is -0.527. The second-order valence-electron chi connectivity index (χ2n) is 7.66. The number of aromatic nitrogens is 1. The summed E-state index contributed by atoms with van der Waals surface area (Å²) in [6.07, 6.45) is 1.89. The summed E-state index contributed by atoms with van der Waals surface area (Å²) in [7, 11) is 3.46. The minimum Gasteiger partial charge on any atom is -0.497 e. The van der Waals surface area contributed by atoms with Crippen LogP contribution in [0.3, 0.4) is 0 Å². The van der Waals surface area contributed by atoms with Gasteiger partial charge in [-0.3, -0.25) is 20.2 Å². The highest BCUT2D eigenvalue weighted by molar-refractivity contribution is 5.87. The van der Waals surface area contributed by atoms with Gasteiger partial charge in [0.25, 0.3) is 0 Å². The van der Waals surface area contributed by atoms with Gasteiger partial charge in [-0.2, -0.15) is 0 Å². The fourth-order valence-electron chi connectivity index (χ4n) is 4.61. The summed E-state index contributed by atoms with van der Waals surface area (Å²) >= 11 is 0. The maximum atomic E-state index is 12.9. The molecular weight excluding hydrogens is 398 g/mol. The lowest BCUT2D eigenvalue weighted by Gasteiger charge is -2.19. The average Bonchev–Trinajstić information content (AvgIpc) is 3.33. The number of carbonyl (C=O) groups is 1. The smallest absolute Gasteiger partial charge is 0.324 e. The summed E-state index contributed by atoms with van der Waals surface area (Å²) in [5.74, 6) is -0.512. The summed E-state index contributed by atoms with van der Waals surface area (Å²) in [6, 6.07) is 12.3. The maximum absolute atomic E-state index is 12.9. The molecule has 1 fully saturated rings. The monoisotopic (exact) mass is 423 g/mol. The van der Waals surface area contributed by atoms with Crippen LogP contribution in [0, 0.1) is 10.1 Å². The molecule has 4 rings (SSSR count). The molecule has 1 aromatic heterocycles. The zero-order chi connectivity index (χ0) is 22.1. The van der Waals surface area contributed by atoms with Crippen LogP contribution >= 0.6 is 0 Å². The topological polar surface area (TPSA) is 95.6 Å². The van der Waals surface area contributed by atoms with Gasteiger partial charge in [-0.25, -0.2) is 0 Å². The number of carbonyl (C=O) groups excluding carboxylic acids is 1. The van der Waals surface area contributed by atoms with Crippen LogP contribution in [0.2, 0.25) is 0 Å². The van der Waals surface area contributed by atoms with Crippen molar-refractivity contribution in [2.24, 2.45) is 7.05 Å². The van der Waals surface area contributed by atoms with Crippen molar-refractivity contribution >= 4 is 16.9 Å². The summed E-state index contributed by atoms with van der Waals surface area (Å²) in [5, 5.41) is 16.5. The first-order chi connectivity index (χ1) is 15.0. The molecule has 0 aliphatic carbocycles. The van der Waals surface area contributed by atoms with Crippen molar-refractivity contribution in [3.8, 4) is 5.75 Å². The molecule has 0 unspecified atom stereocenters. The highest BCUT2D eigenvalue weighted by Gasteiger charge is 2.55. The number of fused-ring (bicyclic) bond motifs is 1. The van der Waals surface area contributed by atoms with Crippen LogP contribution in [0.25, 0.3) is 10.9 Å². The molecule has 4 atom stereocenters. The summed E-state index contributed by atoms with van der Waals surface area (Å²) < 4.78 is 12.4. The van der Waals surface area contributed by atoms with Gasteiger partial charge in [-0.1, -0.05) is 30.3 Å². The van der Waals surface area contributed by atoms with Gasteiger partial charge < -0.3 is 14.0 Å². The molecule has 0 radical (unpaired) electrons. The molecule has 8 heteroatoms. The predicted molar refractivity (Wildman–Crippen MR) is 116 cm³/mol. The van der Waals surface area contributed by atoms with Crippen LogP contribution in [0.1, 0.15) is 30.0 Å². The van der Waals surface area contributed by atoms with E-state index >= 15 is 0 Å². The summed E-state index contributed by atoms with van der Waals surface area (Å²) in [5.41, 5.74) is 2.44. The molecule has 1 saturated heterocycles. The minimum absolute atomic E-state index is 0.204. The lowest BCUT2D eigenvalue weighted by Crippen LogP contribution is -2.37. The number of rotatable bonds is 6. The average molecular weight is 423 g/mol. The molecule has 3 aromatic rings. The first-order valence-corrected chi connectivity index (χ1v) is 10.2. The number of esters is 1. The Kier molecular flexibility index (Phi) is 5.65. The molecule has 1 aliphatic heterocycles. The van der Waals surface area contributed by atoms with E-state index in [9.17, 15) is 14.9 Å². The van der Waals surface area contributed by atoms with Crippen LogP contribution < -0.4 is 10.1 Å². The number of methoxy groups -OCH3 is 1. The van der Waals surface area contributed by atoms with Crippen molar-refractivity contribution in [2.75, 3.05) is 13.7 Å². The van der Waals surface area contributed by atoms with Crippen molar-refractivity contribution in [1.82, 2.24) is 9.88 Å². The van der Waals surface area contributed by atoms with Crippen molar-refractivity contribution in [3.63, 3.8) is 0 Å². The van der Waals surface area contributed by atoms with Crippen LogP contribution in [-0.2, 0) is 16.6 Å². The molecule has 8 nitrogen and oxygen atoms in total. The van der Waals surface area contributed by atoms with Crippen molar-refractivity contribution in [3.05, 3.63) is 76.0 Å². The Morgan fingerprint density at radius 1 is 1.19 bits per heavy atom. The van der Waals surface area contributed by atoms with E-state index in [1.54, 1.807) is 38.3 Å². The van der Waals surface area contributed by atoms with Gasteiger partial charge in [-0.15, -0.1) is 0 Å². The van der Waals surface area contributed by atoms with Gasteiger partial charge in [0.15, 0.2) is 0 Å². The van der Waals surface area contributed by atoms with Crippen molar-refractivity contribution in [2.45, 2.75) is 31.0 Å². The zero-order valence-corrected chi connectivity index (χ0v) is 17.6. The minimum atomic E-state index is -1.05. The molecular formula is C23H25N3O5. The fourth-order valence-corrected chi connectivity index (χ4v) is 4.61. The molecule has 31 heavy (non-hydrogen) atoms. The maximum Gasteiger partial charge on any atom is 0.324 e. The van der Waals surface area contributed by atoms with Gasteiger partial charge >= 0.3 is 5.97 Å². The van der Waals surface area contributed by atoms with E-state index in [0.29, 0.717) is 5.75 Å². The van der Waals surface area contributed by atoms with E-state index in [0.717, 1.165) is 22.0 Å². The van der Waals surface area contributed by atoms with Gasteiger partial charge in [0.05, 0.1) is 19.6 Å². The standard InChI is InChI=1S/C23H25N3O5/c1-4-31-23(27)21-19(17-13-25(2)18-8-6-5-7-16(17)18)22(26(28)29)20(24-21)14-9-11-15(30-3)12-10-14/h5-13,19-22,24H,4H2,1-3H3/t19-,20+,21+,22+/m0/s1. The quantitative estimate of drug-likeness (QED) is 0.372. The molecule has 1 aliphatic rings. The van der Waals surface area contributed by atoms with Crippen molar-refractivity contribution < 1.29 is 19.2 Å². The molecule has 162 valence electrons. The van der Waals surface area contributed by atoms with Crippen LogP contribution in [-0.4, -0.2) is 41.3 Å². The fraction of sp³-hybridized carbons (Fsp3) is 0.348. The Morgan fingerprint density at radius 2 is 1.90 bits per heavy atom. The van der Waals surface area contributed by atoms with Gasteiger partial charge in [-0.05, 0) is 36.2 Å². The first kappa shape index (κ1) is 20.9. The second kappa shape index (κ2) is 8.39. The number of nitrogens with one attached hydrogen (secondary N) is 1. The van der Waals surface area contributed by atoms with E-state index in [-0.39, 0.29) is 11.5 Å². The SMILES string of the molecule is CCOC(=O)[C@@H]1N[C@H](c2ccc(OC)cc2)[C@H]([N+](=O)[O-])[C@H]1c1cn(C)c2ccccc12. The first-order valence-electron chi connectivity index (χ1n) is 10.2. The molecule has 1 N–H and O–H groups in total. The van der Waals surface area contributed by atoms with E-state index in [4.69, 9.17) is 9.47 Å². The van der Waals surface area contributed by atoms with E-state index < -0.39 is 30.0 Å². The summed E-state index contributed by atoms with van der Waals surface area (Å²) in [6.45, 7) is 1.93. The van der Waals surface area contributed by atoms with E-state index in [1.807, 2.05) is 42.1 Å². The zero-order valence-electron chi connectivity index (χ0n) is 17.6. The largest absolute Gasteiger partial charge is 0.497 e. The third-order valence-corrected chi connectivity index (χ3v) is 5.97. The molecule has 0 bridgehead atoms. The summed E-state index contributed by atoms with van der Waals surface area (Å²) in [4.78, 5) is 24.9. The van der Waals surface area contributed by atoms with Crippen LogP contribution in [0.4, 0.5) is 0 Å². The number of ether oxygens (including phenoxy) is 2. The molecule has 0 amide bonds. The van der Waals surface area contributed by atoms with Crippen molar-refractivity contribution in [1.29, 1.82) is 0 Å². The number of nitrogens with zero attached hydrogens (tertiary/aromatic N) is 2. The Bertz CT molecular complexity index is 1110. The second-order valence-corrected chi connectivity index (χ2v) is 7.66. The Labute approximate surface area is 179 Å². The van der Waals surface area contributed by atoms with E-state index in [2.05, 4.69) is 5.32 Å². The molecule has 2 aromatic carbocycles. The Morgan fingerprint density at radius 3 is 2.55 bits per heavy atom. The lowest BCUT2D eigenvalue weighted by atomic mass is 9.85. The number of hydrogen-bond acceptors (Lipinski definition) is 6. The van der Waals surface area contributed by atoms with E-state index in [1.165, 1.54) is 0 Å². The number of benzene rings is 2. The highest BCUT2D eigenvalue weighted by Crippen LogP contribution is 2.43. The number of nitro groups is 1. The van der Waals surface area contributed by atoms with Gasteiger partial charge in [0.2, 0.25) is 6.04 Å². The Balaban J connectivity index is 1.85. The number of para-hydroxylation sites is 1. The number of hydrogen-bond donors (Lipinski definition) is 1. The normalized spacial score (nSPS) is 23.1. The van der Waals surface area contributed by atoms with Crippen LogP contribution in [0.15, 0.2) is 54.7 Å². The molecule has 2 heterocycles. The van der Waals surface area contributed by atoms with Gasteiger partial charge in [0.1, 0.15) is 17.8 Å². The highest BCUT2D eigenvalue weighted by atomic mass is 16.6. The molecule has 0 spiro atoms. The third-order valence-electron chi connectivity index (χ3n) is 5.97. The third kappa shape index (κ3) is 3.63. The predicted octanol–water partition coefficient (Wildman–Crippen LogP) is 3.19. The molecule has 0 saturated carbocycles. The Hall–Kier alpha value is -3.39.